The number of hydrogen-bond acceptors (Lipinski definition) is 5. The normalized spacial score (nSPS) is 22.2. The molecule has 1 aliphatic heterocycles. The van der Waals surface area contributed by atoms with Gasteiger partial charge in [-0.05, 0) is 39.1 Å². The Bertz CT molecular complexity index is 549. The van der Waals surface area contributed by atoms with E-state index in [2.05, 4.69) is 43.2 Å². The molecule has 2 N–H and O–H groups in total. The average molecular weight is 353 g/mol. The van der Waals surface area contributed by atoms with Gasteiger partial charge in [0.2, 0.25) is 5.91 Å². The highest BCUT2D eigenvalue weighted by molar-refractivity contribution is 7.08. The second-order valence-corrected chi connectivity index (χ2v) is 7.73. The SMILES string of the molecule is CC1CN(C(C)(C)CNC(=O)CNC(=O)c2ccsc2)CC(C)O1. The molecule has 2 atom stereocenters. The minimum absolute atomic E-state index is 0.0132. The molecule has 2 unspecified atom stereocenters. The Kier molecular flexibility index (Phi) is 6.37. The molecule has 1 aromatic rings. The van der Waals surface area contributed by atoms with Crippen LogP contribution in [0.15, 0.2) is 16.8 Å². The molecule has 1 aliphatic rings. The third-order valence-corrected chi connectivity index (χ3v) is 4.87. The van der Waals surface area contributed by atoms with Gasteiger partial charge < -0.3 is 15.4 Å². The van der Waals surface area contributed by atoms with Crippen molar-refractivity contribution in [1.29, 1.82) is 0 Å². The maximum Gasteiger partial charge on any atom is 0.252 e. The van der Waals surface area contributed by atoms with E-state index in [1.54, 1.807) is 11.4 Å². The van der Waals surface area contributed by atoms with E-state index in [0.29, 0.717) is 12.1 Å². The highest BCUT2D eigenvalue weighted by Gasteiger charge is 2.33. The molecule has 2 rings (SSSR count). The first kappa shape index (κ1) is 18.9. The van der Waals surface area contributed by atoms with E-state index in [9.17, 15) is 9.59 Å². The Hall–Kier alpha value is -1.44. The lowest BCUT2D eigenvalue weighted by molar-refractivity contribution is -0.122. The third-order valence-electron chi connectivity index (χ3n) is 4.19. The number of hydrogen-bond donors (Lipinski definition) is 2. The van der Waals surface area contributed by atoms with E-state index < -0.39 is 0 Å². The molecule has 7 heteroatoms. The number of morpholine rings is 1. The molecule has 2 heterocycles. The van der Waals surface area contributed by atoms with Crippen molar-refractivity contribution < 1.29 is 14.3 Å². The maximum absolute atomic E-state index is 12.0. The Morgan fingerprint density at radius 2 is 1.96 bits per heavy atom. The van der Waals surface area contributed by atoms with Crippen LogP contribution < -0.4 is 10.6 Å². The number of carbonyl (C=O) groups is 2. The smallest absolute Gasteiger partial charge is 0.252 e. The highest BCUT2D eigenvalue weighted by Crippen LogP contribution is 2.20. The number of thiophene rings is 1. The van der Waals surface area contributed by atoms with Crippen LogP contribution in [-0.4, -0.2) is 60.6 Å². The fraction of sp³-hybridized carbons (Fsp3) is 0.647. The standard InChI is InChI=1S/C17H27N3O3S/c1-12-8-20(9-13(2)23-12)17(3,4)11-19-15(21)7-18-16(22)14-5-6-24-10-14/h5-6,10,12-13H,7-9,11H2,1-4H3,(H,18,22)(H,19,21). The molecule has 0 radical (unpaired) electrons. The molecule has 0 bridgehead atoms. The van der Waals surface area contributed by atoms with Gasteiger partial charge in [0, 0.05) is 36.1 Å². The molecule has 0 aromatic carbocycles. The zero-order valence-electron chi connectivity index (χ0n) is 14.8. The van der Waals surface area contributed by atoms with Crippen LogP contribution in [0, 0.1) is 0 Å². The van der Waals surface area contributed by atoms with Crippen molar-refractivity contribution in [2.45, 2.75) is 45.4 Å². The summed E-state index contributed by atoms with van der Waals surface area (Å²) in [5.41, 5.74) is 0.420. The van der Waals surface area contributed by atoms with Crippen molar-refractivity contribution >= 4 is 23.2 Å². The number of nitrogens with one attached hydrogen (secondary N) is 2. The molecule has 1 saturated heterocycles. The van der Waals surface area contributed by atoms with Crippen molar-refractivity contribution in [2.75, 3.05) is 26.2 Å². The van der Waals surface area contributed by atoms with Crippen LogP contribution in [0.3, 0.4) is 0 Å². The van der Waals surface area contributed by atoms with Crippen LogP contribution in [0.2, 0.25) is 0 Å². The number of ether oxygens (including phenoxy) is 1. The molecule has 2 amide bonds. The largest absolute Gasteiger partial charge is 0.373 e. The molecule has 1 aromatic heterocycles. The number of carbonyl (C=O) groups excluding carboxylic acids is 2. The van der Waals surface area contributed by atoms with Crippen LogP contribution in [0.1, 0.15) is 38.1 Å². The monoisotopic (exact) mass is 353 g/mol. The maximum atomic E-state index is 12.0. The van der Waals surface area contributed by atoms with E-state index in [-0.39, 0.29) is 36.1 Å². The zero-order chi connectivity index (χ0) is 17.7. The molecule has 1 fully saturated rings. The van der Waals surface area contributed by atoms with Gasteiger partial charge in [0.25, 0.3) is 5.91 Å². The summed E-state index contributed by atoms with van der Waals surface area (Å²) in [5, 5.41) is 9.15. The molecule has 0 spiro atoms. The van der Waals surface area contributed by atoms with Crippen LogP contribution >= 0.6 is 11.3 Å². The molecule has 0 saturated carbocycles. The van der Waals surface area contributed by atoms with Gasteiger partial charge in [-0.3, -0.25) is 14.5 Å². The van der Waals surface area contributed by atoms with Gasteiger partial charge in [0.05, 0.1) is 18.8 Å². The van der Waals surface area contributed by atoms with Crippen molar-refractivity contribution in [1.82, 2.24) is 15.5 Å². The summed E-state index contributed by atoms with van der Waals surface area (Å²) in [6.07, 6.45) is 0.377. The minimum atomic E-state index is -0.221. The van der Waals surface area contributed by atoms with Crippen molar-refractivity contribution in [3.8, 4) is 0 Å². The highest BCUT2D eigenvalue weighted by atomic mass is 32.1. The Balaban J connectivity index is 1.76. The van der Waals surface area contributed by atoms with E-state index in [4.69, 9.17) is 4.74 Å². The first-order chi connectivity index (χ1) is 11.3. The van der Waals surface area contributed by atoms with E-state index in [1.165, 1.54) is 11.3 Å². The molecule has 0 aliphatic carbocycles. The summed E-state index contributed by atoms with van der Waals surface area (Å²) < 4.78 is 5.76. The first-order valence-electron chi connectivity index (χ1n) is 8.25. The predicted octanol–water partition coefficient (Wildman–Crippen LogP) is 1.48. The number of amides is 2. The fourth-order valence-electron chi connectivity index (χ4n) is 2.82. The molecule has 134 valence electrons. The quantitative estimate of drug-likeness (QED) is 0.813. The summed E-state index contributed by atoms with van der Waals surface area (Å²) >= 11 is 1.45. The minimum Gasteiger partial charge on any atom is -0.373 e. The fourth-order valence-corrected chi connectivity index (χ4v) is 3.45. The van der Waals surface area contributed by atoms with Gasteiger partial charge in [0.1, 0.15) is 0 Å². The Morgan fingerprint density at radius 3 is 2.54 bits per heavy atom. The van der Waals surface area contributed by atoms with Crippen LogP contribution in [0.25, 0.3) is 0 Å². The third kappa shape index (κ3) is 5.29. The van der Waals surface area contributed by atoms with E-state index in [1.807, 2.05) is 5.38 Å². The van der Waals surface area contributed by atoms with Crippen molar-refractivity contribution in [2.24, 2.45) is 0 Å². The van der Waals surface area contributed by atoms with Crippen LogP contribution in [0.5, 0.6) is 0 Å². The molecular weight excluding hydrogens is 326 g/mol. The van der Waals surface area contributed by atoms with Gasteiger partial charge in [0.15, 0.2) is 0 Å². The topological polar surface area (TPSA) is 70.7 Å². The van der Waals surface area contributed by atoms with Crippen molar-refractivity contribution in [3.63, 3.8) is 0 Å². The Labute approximate surface area is 147 Å². The second-order valence-electron chi connectivity index (χ2n) is 6.95. The predicted molar refractivity (Wildman–Crippen MR) is 95.3 cm³/mol. The zero-order valence-corrected chi connectivity index (χ0v) is 15.6. The first-order valence-corrected chi connectivity index (χ1v) is 9.20. The number of nitrogens with zero attached hydrogens (tertiary/aromatic N) is 1. The second kappa shape index (κ2) is 8.09. The van der Waals surface area contributed by atoms with Crippen LogP contribution in [-0.2, 0) is 9.53 Å². The lowest BCUT2D eigenvalue weighted by Crippen LogP contribution is -2.59. The lowest BCUT2D eigenvalue weighted by Gasteiger charge is -2.45. The average Bonchev–Trinajstić information content (AvgIpc) is 3.04. The van der Waals surface area contributed by atoms with Gasteiger partial charge in [-0.1, -0.05) is 0 Å². The molecule has 6 nitrogen and oxygen atoms in total. The summed E-state index contributed by atoms with van der Waals surface area (Å²) in [6.45, 7) is 10.6. The summed E-state index contributed by atoms with van der Waals surface area (Å²) in [5.74, 6) is -0.400. The molecule has 24 heavy (non-hydrogen) atoms. The summed E-state index contributed by atoms with van der Waals surface area (Å²) in [4.78, 5) is 26.2. The van der Waals surface area contributed by atoms with Gasteiger partial charge in [-0.15, -0.1) is 0 Å². The van der Waals surface area contributed by atoms with Gasteiger partial charge in [-0.2, -0.15) is 11.3 Å². The van der Waals surface area contributed by atoms with E-state index >= 15 is 0 Å². The molecular formula is C17H27N3O3S. The van der Waals surface area contributed by atoms with Crippen molar-refractivity contribution in [3.05, 3.63) is 22.4 Å². The Morgan fingerprint density at radius 1 is 1.29 bits per heavy atom. The number of rotatable bonds is 6. The summed E-state index contributed by atoms with van der Waals surface area (Å²) in [7, 11) is 0. The van der Waals surface area contributed by atoms with Crippen LogP contribution in [0.4, 0.5) is 0 Å². The van der Waals surface area contributed by atoms with E-state index in [0.717, 1.165) is 13.1 Å². The van der Waals surface area contributed by atoms with Gasteiger partial charge >= 0.3 is 0 Å². The lowest BCUT2D eigenvalue weighted by atomic mass is 10.00. The summed E-state index contributed by atoms with van der Waals surface area (Å²) in [6, 6.07) is 1.74. The van der Waals surface area contributed by atoms with Gasteiger partial charge in [-0.25, -0.2) is 0 Å².